The molecule has 3 unspecified atom stereocenters. The lowest BCUT2D eigenvalue weighted by Crippen LogP contribution is -2.49. The van der Waals surface area contributed by atoms with E-state index in [0.29, 0.717) is 35.5 Å². The van der Waals surface area contributed by atoms with Crippen LogP contribution in [0, 0.1) is 6.92 Å². The summed E-state index contributed by atoms with van der Waals surface area (Å²) in [7, 11) is 1.88. The third-order valence-corrected chi connectivity index (χ3v) is 7.40. The maximum absolute atomic E-state index is 14.8. The molecule has 0 aliphatic carbocycles. The second kappa shape index (κ2) is 7.66. The number of piperidine rings is 1. The molecular formula is C25H30FN7O. The zero-order valence-corrected chi connectivity index (χ0v) is 19.8. The van der Waals surface area contributed by atoms with Crippen LogP contribution < -0.4 is 15.5 Å². The average Bonchev–Trinajstić information content (AvgIpc) is 3.48. The Balaban J connectivity index is 1.32. The number of anilines is 1. The third-order valence-electron chi connectivity index (χ3n) is 7.40. The van der Waals surface area contributed by atoms with Crippen molar-refractivity contribution >= 4 is 28.3 Å². The van der Waals surface area contributed by atoms with E-state index in [0.717, 1.165) is 36.3 Å². The van der Waals surface area contributed by atoms with Crippen molar-refractivity contribution in [3.8, 4) is 0 Å². The fourth-order valence-electron chi connectivity index (χ4n) is 5.99. The minimum absolute atomic E-state index is 0.263. The van der Waals surface area contributed by atoms with Crippen LogP contribution >= 0.6 is 0 Å². The van der Waals surface area contributed by atoms with Gasteiger partial charge in [0.25, 0.3) is 5.91 Å². The number of aromatic nitrogens is 4. The summed E-state index contributed by atoms with van der Waals surface area (Å²) in [5.74, 6) is -0.382. The topological polar surface area (TPSA) is 80.0 Å². The Hall–Kier alpha value is -3.20. The maximum atomic E-state index is 14.8. The van der Waals surface area contributed by atoms with E-state index in [2.05, 4.69) is 25.6 Å². The largest absolute Gasteiger partial charge is 0.366 e. The summed E-state index contributed by atoms with van der Waals surface area (Å²) in [5.41, 5.74) is 2.17. The highest BCUT2D eigenvalue weighted by atomic mass is 19.1. The zero-order chi connectivity index (χ0) is 23.6. The van der Waals surface area contributed by atoms with Gasteiger partial charge in [-0.3, -0.25) is 9.48 Å². The van der Waals surface area contributed by atoms with E-state index >= 15 is 0 Å². The molecule has 34 heavy (non-hydrogen) atoms. The number of hydrogen-bond donors (Lipinski definition) is 2. The van der Waals surface area contributed by atoms with Crippen LogP contribution in [0.25, 0.3) is 16.7 Å². The van der Waals surface area contributed by atoms with Gasteiger partial charge in [0.2, 0.25) is 0 Å². The summed E-state index contributed by atoms with van der Waals surface area (Å²) in [6, 6.07) is 4.90. The van der Waals surface area contributed by atoms with E-state index in [9.17, 15) is 9.18 Å². The molecule has 1 amide bonds. The number of fused-ring (bicyclic) bond motifs is 3. The van der Waals surface area contributed by atoms with Crippen LogP contribution in [-0.4, -0.2) is 56.0 Å². The number of benzene rings is 1. The summed E-state index contributed by atoms with van der Waals surface area (Å²) < 4.78 is 18.3. The van der Waals surface area contributed by atoms with Crippen molar-refractivity contribution in [2.24, 2.45) is 7.05 Å². The van der Waals surface area contributed by atoms with E-state index in [1.54, 1.807) is 9.25 Å². The SMILES string of the molecule is Cc1cn2c(n1)C(F)=CC(C)(NC(=O)c1ccc(N3CCC4NCCCC43)c3cn(C)nc13)C2. The van der Waals surface area contributed by atoms with Gasteiger partial charge in [-0.25, -0.2) is 9.37 Å². The number of amides is 1. The number of nitrogens with zero attached hydrogens (tertiary/aromatic N) is 5. The zero-order valence-electron chi connectivity index (χ0n) is 19.8. The lowest BCUT2D eigenvalue weighted by atomic mass is 9.97. The molecule has 0 radical (unpaired) electrons. The van der Waals surface area contributed by atoms with Crippen LogP contribution in [0.1, 0.15) is 48.1 Å². The second-order valence-electron chi connectivity index (χ2n) is 10.1. The molecule has 3 aliphatic heterocycles. The number of nitrogens with one attached hydrogen (secondary N) is 2. The number of imidazole rings is 1. The quantitative estimate of drug-likeness (QED) is 0.625. The van der Waals surface area contributed by atoms with Gasteiger partial charge in [0.15, 0.2) is 11.7 Å². The van der Waals surface area contributed by atoms with Crippen molar-refractivity contribution in [1.82, 2.24) is 30.0 Å². The van der Waals surface area contributed by atoms with Crippen LogP contribution in [0.3, 0.4) is 0 Å². The van der Waals surface area contributed by atoms with Crippen molar-refractivity contribution in [2.75, 3.05) is 18.0 Å². The van der Waals surface area contributed by atoms with E-state index in [-0.39, 0.29) is 5.91 Å². The molecule has 0 spiro atoms. The predicted molar refractivity (Wildman–Crippen MR) is 129 cm³/mol. The van der Waals surface area contributed by atoms with Gasteiger partial charge >= 0.3 is 0 Å². The highest BCUT2D eigenvalue weighted by molar-refractivity contribution is 6.09. The normalized spacial score (nSPS) is 26.4. The van der Waals surface area contributed by atoms with Gasteiger partial charge in [0.1, 0.15) is 5.52 Å². The van der Waals surface area contributed by atoms with E-state index < -0.39 is 11.4 Å². The predicted octanol–water partition coefficient (Wildman–Crippen LogP) is 2.92. The number of rotatable bonds is 3. The molecule has 2 aromatic heterocycles. The van der Waals surface area contributed by atoms with Crippen LogP contribution in [-0.2, 0) is 13.6 Å². The first kappa shape index (κ1) is 21.3. The molecule has 9 heteroatoms. The van der Waals surface area contributed by atoms with Gasteiger partial charge in [0.05, 0.1) is 23.3 Å². The summed E-state index contributed by atoms with van der Waals surface area (Å²) in [4.78, 5) is 20.2. The number of halogens is 1. The number of hydrogen-bond acceptors (Lipinski definition) is 5. The molecule has 8 nitrogen and oxygen atoms in total. The lowest BCUT2D eigenvalue weighted by molar-refractivity contribution is 0.0916. The maximum Gasteiger partial charge on any atom is 0.254 e. The van der Waals surface area contributed by atoms with Gasteiger partial charge in [0, 0.05) is 49.1 Å². The van der Waals surface area contributed by atoms with E-state index in [1.165, 1.54) is 18.9 Å². The Morgan fingerprint density at radius 2 is 2.15 bits per heavy atom. The first-order valence-electron chi connectivity index (χ1n) is 12.0. The Kier molecular flexibility index (Phi) is 4.81. The van der Waals surface area contributed by atoms with Crippen LogP contribution in [0.5, 0.6) is 0 Å². The number of aryl methyl sites for hydroxylation is 2. The van der Waals surface area contributed by atoms with Gasteiger partial charge in [-0.1, -0.05) is 0 Å². The number of carbonyl (C=O) groups excluding carboxylic acids is 1. The standard InChI is InChI=1S/C25H30FN7O/c1-15-12-32-14-25(2,11-18(26)23(32)28-15)29-24(34)16-6-7-20(17-13-31(3)30-22(16)17)33-10-8-19-21(33)5-4-9-27-19/h6-7,11-13,19,21,27H,4-5,8-10,14H2,1-3H3,(H,29,34). The Bertz CT molecular complexity index is 1320. The summed E-state index contributed by atoms with van der Waals surface area (Å²) in [5, 5.41) is 12.3. The molecule has 5 heterocycles. The van der Waals surface area contributed by atoms with Crippen LogP contribution in [0.15, 0.2) is 30.6 Å². The first-order chi connectivity index (χ1) is 16.3. The third kappa shape index (κ3) is 3.41. The highest BCUT2D eigenvalue weighted by Crippen LogP contribution is 2.36. The molecule has 2 fully saturated rings. The monoisotopic (exact) mass is 463 g/mol. The van der Waals surface area contributed by atoms with E-state index in [4.69, 9.17) is 0 Å². The van der Waals surface area contributed by atoms with Gasteiger partial charge in [-0.2, -0.15) is 5.10 Å². The minimum atomic E-state index is -0.878. The molecule has 1 aromatic carbocycles. The van der Waals surface area contributed by atoms with Crippen molar-refractivity contribution in [2.45, 2.75) is 57.3 Å². The molecule has 2 saturated heterocycles. The second-order valence-corrected chi connectivity index (χ2v) is 10.1. The summed E-state index contributed by atoms with van der Waals surface area (Å²) >= 11 is 0. The first-order valence-corrected chi connectivity index (χ1v) is 12.0. The summed E-state index contributed by atoms with van der Waals surface area (Å²) in [6.07, 6.45) is 8.73. The fraction of sp³-hybridized carbons (Fsp3) is 0.480. The van der Waals surface area contributed by atoms with Crippen molar-refractivity contribution in [1.29, 1.82) is 0 Å². The Morgan fingerprint density at radius 1 is 1.29 bits per heavy atom. The van der Waals surface area contributed by atoms with Crippen molar-refractivity contribution in [3.05, 3.63) is 47.7 Å². The minimum Gasteiger partial charge on any atom is -0.366 e. The molecule has 6 rings (SSSR count). The molecule has 2 N–H and O–H groups in total. The molecule has 178 valence electrons. The Morgan fingerprint density at radius 3 is 3.00 bits per heavy atom. The van der Waals surface area contributed by atoms with Crippen LogP contribution in [0.4, 0.5) is 10.1 Å². The fourth-order valence-corrected chi connectivity index (χ4v) is 5.99. The van der Waals surface area contributed by atoms with Gasteiger partial charge < -0.3 is 20.1 Å². The van der Waals surface area contributed by atoms with Gasteiger partial charge in [-0.05, 0) is 57.9 Å². The molecule has 0 saturated carbocycles. The van der Waals surface area contributed by atoms with E-state index in [1.807, 2.05) is 45.4 Å². The van der Waals surface area contributed by atoms with Crippen molar-refractivity contribution < 1.29 is 9.18 Å². The highest BCUT2D eigenvalue weighted by Gasteiger charge is 2.37. The smallest absolute Gasteiger partial charge is 0.254 e. The number of carbonyl (C=O) groups is 1. The molecule has 0 bridgehead atoms. The molecule has 3 atom stereocenters. The lowest BCUT2D eigenvalue weighted by Gasteiger charge is -2.34. The average molecular weight is 464 g/mol. The molecular weight excluding hydrogens is 433 g/mol. The van der Waals surface area contributed by atoms with Crippen molar-refractivity contribution in [3.63, 3.8) is 0 Å². The van der Waals surface area contributed by atoms with Gasteiger partial charge in [-0.15, -0.1) is 0 Å². The molecule has 3 aromatic rings. The molecule has 3 aliphatic rings. The Labute approximate surface area is 197 Å². The van der Waals surface area contributed by atoms with Crippen LogP contribution in [0.2, 0.25) is 0 Å². The summed E-state index contributed by atoms with van der Waals surface area (Å²) in [6.45, 7) is 6.15.